The molecule has 1 atom stereocenters. The molecule has 0 fully saturated rings. The van der Waals surface area contributed by atoms with Gasteiger partial charge in [-0.3, -0.25) is 4.98 Å². The van der Waals surface area contributed by atoms with E-state index in [1.807, 2.05) is 30.6 Å². The number of hydrogen-bond acceptors (Lipinski definition) is 4. The van der Waals surface area contributed by atoms with Crippen molar-refractivity contribution in [3.05, 3.63) is 187 Å². The smallest absolute Gasteiger partial charge is 0.123 e. The van der Waals surface area contributed by atoms with Gasteiger partial charge < -0.3 is 15.3 Å². The molecule has 1 aliphatic rings. The fraction of sp³-hybridized carbons (Fsp3) is 0.0208. The normalized spacial score (nSPS) is 13.8. The number of hydrogen-bond donors (Lipinski definition) is 2. The molecule has 0 radical (unpaired) electrons. The summed E-state index contributed by atoms with van der Waals surface area (Å²) in [5, 5.41) is 26.8. The molecular formula is C48H33N5. The van der Waals surface area contributed by atoms with Crippen LogP contribution < -0.4 is 5.32 Å². The first-order chi connectivity index (χ1) is 26.2. The Morgan fingerprint density at radius 2 is 1.36 bits per heavy atom. The lowest BCUT2D eigenvalue weighted by Gasteiger charge is -2.23. The van der Waals surface area contributed by atoms with E-state index in [1.165, 1.54) is 50.0 Å². The maximum atomic E-state index is 9.47. The predicted molar refractivity (Wildman–Crippen MR) is 219 cm³/mol. The molecule has 250 valence electrons. The molecule has 0 saturated heterocycles. The summed E-state index contributed by atoms with van der Waals surface area (Å²) in [4.78, 5) is 4.98. The predicted octanol–water partition coefficient (Wildman–Crippen LogP) is 11.6. The van der Waals surface area contributed by atoms with Gasteiger partial charge in [0.15, 0.2) is 0 Å². The molecule has 6 aromatic carbocycles. The number of nitriles is 1. The number of benzene rings is 6. The van der Waals surface area contributed by atoms with Crippen molar-refractivity contribution in [3.8, 4) is 39.6 Å². The van der Waals surface area contributed by atoms with Crippen LogP contribution >= 0.6 is 0 Å². The van der Waals surface area contributed by atoms with E-state index in [0.717, 1.165) is 44.6 Å². The maximum Gasteiger partial charge on any atom is 0.123 e. The molecule has 9 rings (SSSR count). The summed E-state index contributed by atoms with van der Waals surface area (Å²) in [5.41, 5.74) is 11.9. The topological polar surface area (TPSA) is 77.5 Å². The van der Waals surface area contributed by atoms with Crippen LogP contribution in [0.25, 0.3) is 77.6 Å². The molecular weight excluding hydrogens is 647 g/mol. The quantitative estimate of drug-likeness (QED) is 0.130. The molecule has 1 unspecified atom stereocenters. The largest absolute Gasteiger partial charge is 0.367 e. The van der Waals surface area contributed by atoms with Crippen molar-refractivity contribution in [1.29, 1.82) is 10.7 Å². The molecule has 5 heteroatoms. The molecule has 0 bridgehead atoms. The van der Waals surface area contributed by atoms with Gasteiger partial charge in [-0.1, -0.05) is 116 Å². The van der Waals surface area contributed by atoms with Gasteiger partial charge in [0.25, 0.3) is 0 Å². The third kappa shape index (κ3) is 5.33. The van der Waals surface area contributed by atoms with E-state index in [2.05, 4.69) is 150 Å². The number of aromatic nitrogens is 2. The van der Waals surface area contributed by atoms with Gasteiger partial charge in [-0.05, 0) is 91.9 Å². The van der Waals surface area contributed by atoms with Crippen molar-refractivity contribution in [2.24, 2.45) is 0 Å². The van der Waals surface area contributed by atoms with Gasteiger partial charge in [0.1, 0.15) is 6.17 Å². The number of allylic oxidation sites excluding steroid dienone is 2. The summed E-state index contributed by atoms with van der Waals surface area (Å²) in [6, 6.07) is 48.8. The number of nitrogens with zero attached hydrogens (tertiary/aromatic N) is 3. The van der Waals surface area contributed by atoms with Crippen molar-refractivity contribution >= 4 is 50.3 Å². The summed E-state index contributed by atoms with van der Waals surface area (Å²) in [7, 11) is 0. The van der Waals surface area contributed by atoms with Crippen molar-refractivity contribution in [2.45, 2.75) is 6.17 Å². The standard InChI is InChI=1S/C48H33N5/c1-2-44-42(28-50)40-25-31(27-49)17-23-45(40)53(44)46-24-20-36(30-52-46)35-19-22-43(51-29-35)34-18-21-39-41(26-34)48(33-13-7-4-8-14-33)38-16-10-9-15-37(38)47(39)32-11-5-3-6-12-32/h2-26,28-30,46,50,52H,1H2. The molecule has 53 heavy (non-hydrogen) atoms. The second-order valence-corrected chi connectivity index (χ2v) is 13.2. The zero-order chi connectivity index (χ0) is 35.9. The van der Waals surface area contributed by atoms with E-state index in [4.69, 9.17) is 10.4 Å². The van der Waals surface area contributed by atoms with Crippen LogP contribution in [0.15, 0.2) is 165 Å². The van der Waals surface area contributed by atoms with Crippen LogP contribution in [0, 0.1) is 16.7 Å². The molecule has 3 heterocycles. The zero-order valence-electron chi connectivity index (χ0n) is 28.8. The molecule has 2 aromatic heterocycles. The van der Waals surface area contributed by atoms with Crippen LogP contribution in [0.5, 0.6) is 0 Å². The Labute approximate surface area is 307 Å². The average Bonchev–Trinajstić information content (AvgIpc) is 3.56. The van der Waals surface area contributed by atoms with Crippen molar-refractivity contribution in [3.63, 3.8) is 0 Å². The Hall–Kier alpha value is -7.29. The van der Waals surface area contributed by atoms with E-state index >= 15 is 0 Å². The highest BCUT2D eigenvalue weighted by Crippen LogP contribution is 2.44. The van der Waals surface area contributed by atoms with Crippen LogP contribution in [-0.2, 0) is 0 Å². The summed E-state index contributed by atoms with van der Waals surface area (Å²) in [6.07, 6.45) is 11.0. The fourth-order valence-corrected chi connectivity index (χ4v) is 7.81. The number of nitrogens with one attached hydrogen (secondary N) is 2. The number of dihydropyridines is 1. The molecule has 0 saturated carbocycles. The number of pyridine rings is 1. The number of fused-ring (bicyclic) bond motifs is 3. The summed E-state index contributed by atoms with van der Waals surface area (Å²) < 4.78 is 2.12. The lowest BCUT2D eigenvalue weighted by molar-refractivity contribution is 0.561. The lowest BCUT2D eigenvalue weighted by atomic mass is 9.85. The Kier molecular flexibility index (Phi) is 7.84. The molecule has 0 aliphatic carbocycles. The molecule has 1 aliphatic heterocycles. The second kappa shape index (κ2) is 13.1. The fourth-order valence-electron chi connectivity index (χ4n) is 7.81. The Balaban J connectivity index is 1.09. The monoisotopic (exact) mass is 679 g/mol. The third-order valence-corrected chi connectivity index (χ3v) is 10.2. The second-order valence-electron chi connectivity index (χ2n) is 13.2. The summed E-state index contributed by atoms with van der Waals surface area (Å²) in [6.45, 7) is 4.03. The average molecular weight is 680 g/mol. The Bertz CT molecular complexity index is 2840. The van der Waals surface area contributed by atoms with Gasteiger partial charge in [0.2, 0.25) is 0 Å². The molecule has 0 spiro atoms. The third-order valence-electron chi connectivity index (χ3n) is 10.2. The van der Waals surface area contributed by atoms with Crippen LogP contribution in [0.1, 0.15) is 28.6 Å². The molecule has 2 N–H and O–H groups in total. The van der Waals surface area contributed by atoms with Gasteiger partial charge in [0, 0.05) is 40.7 Å². The maximum absolute atomic E-state index is 9.47. The van der Waals surface area contributed by atoms with Crippen LogP contribution in [0.2, 0.25) is 0 Å². The highest BCUT2D eigenvalue weighted by molar-refractivity contribution is 6.22. The van der Waals surface area contributed by atoms with E-state index in [0.29, 0.717) is 5.56 Å². The minimum Gasteiger partial charge on any atom is -0.367 e. The SMILES string of the molecule is C=Cc1c(C=N)c2cc(C#N)ccc2n1C1C=CC(c2ccc(-c3ccc4c(-c5ccccc5)c5ccccc5c(-c5ccccc5)c4c3)nc2)=CN1. The first kappa shape index (κ1) is 31.7. The first-order valence-electron chi connectivity index (χ1n) is 17.6. The Morgan fingerprint density at radius 3 is 1.96 bits per heavy atom. The van der Waals surface area contributed by atoms with E-state index in [-0.39, 0.29) is 6.17 Å². The van der Waals surface area contributed by atoms with E-state index in [1.54, 1.807) is 6.08 Å². The van der Waals surface area contributed by atoms with Crippen LogP contribution in [0.4, 0.5) is 0 Å². The van der Waals surface area contributed by atoms with Gasteiger partial charge in [-0.25, -0.2) is 0 Å². The molecule has 8 aromatic rings. The summed E-state index contributed by atoms with van der Waals surface area (Å²) >= 11 is 0. The highest BCUT2D eigenvalue weighted by atomic mass is 15.2. The van der Waals surface area contributed by atoms with E-state index in [9.17, 15) is 5.26 Å². The minimum absolute atomic E-state index is 0.198. The van der Waals surface area contributed by atoms with Crippen LogP contribution in [0.3, 0.4) is 0 Å². The van der Waals surface area contributed by atoms with Crippen molar-refractivity contribution in [2.75, 3.05) is 0 Å². The van der Waals surface area contributed by atoms with Gasteiger partial charge in [-0.2, -0.15) is 5.26 Å². The zero-order valence-corrected chi connectivity index (χ0v) is 28.8. The van der Waals surface area contributed by atoms with Gasteiger partial charge in [0.05, 0.1) is 28.5 Å². The highest BCUT2D eigenvalue weighted by Gasteiger charge is 2.21. The van der Waals surface area contributed by atoms with Crippen LogP contribution in [-0.4, -0.2) is 15.8 Å². The minimum atomic E-state index is -0.198. The van der Waals surface area contributed by atoms with Crippen molar-refractivity contribution in [1.82, 2.24) is 14.9 Å². The Morgan fingerprint density at radius 1 is 0.698 bits per heavy atom. The molecule has 0 amide bonds. The van der Waals surface area contributed by atoms with E-state index < -0.39 is 0 Å². The van der Waals surface area contributed by atoms with Gasteiger partial charge >= 0.3 is 0 Å². The van der Waals surface area contributed by atoms with Crippen molar-refractivity contribution < 1.29 is 0 Å². The molecule has 5 nitrogen and oxygen atoms in total. The summed E-state index contributed by atoms with van der Waals surface area (Å²) in [5.74, 6) is 0. The van der Waals surface area contributed by atoms with Gasteiger partial charge in [-0.15, -0.1) is 0 Å². The number of rotatable bonds is 7. The first-order valence-corrected chi connectivity index (χ1v) is 17.6. The lowest BCUT2D eigenvalue weighted by Crippen LogP contribution is -2.23.